The maximum Gasteiger partial charge on any atom is 0.321 e. The molecule has 20 heavy (non-hydrogen) atoms. The summed E-state index contributed by atoms with van der Waals surface area (Å²) in [5, 5.41) is 5.28. The third kappa shape index (κ3) is 3.82. The van der Waals surface area contributed by atoms with Crippen molar-refractivity contribution in [2.24, 2.45) is 11.8 Å². The van der Waals surface area contributed by atoms with Gasteiger partial charge >= 0.3 is 6.03 Å². The van der Waals surface area contributed by atoms with E-state index in [0.717, 1.165) is 12.8 Å². The highest BCUT2D eigenvalue weighted by Crippen LogP contribution is 2.29. The van der Waals surface area contributed by atoms with Crippen LogP contribution in [0.25, 0.3) is 0 Å². The number of hydrogen-bond acceptors (Lipinski definition) is 3. The van der Waals surface area contributed by atoms with Crippen LogP contribution < -0.4 is 10.6 Å². The van der Waals surface area contributed by atoms with Gasteiger partial charge in [-0.05, 0) is 18.3 Å². The van der Waals surface area contributed by atoms with Crippen molar-refractivity contribution in [1.82, 2.24) is 20.2 Å². The van der Waals surface area contributed by atoms with Crippen LogP contribution in [0.5, 0.6) is 0 Å². The minimum atomic E-state index is -0.402. The molecule has 6 nitrogen and oxygen atoms in total. The van der Waals surface area contributed by atoms with Crippen molar-refractivity contribution in [1.29, 1.82) is 0 Å². The molecule has 2 N–H and O–H groups in total. The third-order valence-electron chi connectivity index (χ3n) is 4.16. The Kier molecular flexibility index (Phi) is 4.76. The normalized spacial score (nSPS) is 26.0. The van der Waals surface area contributed by atoms with Crippen LogP contribution >= 0.6 is 0 Å². The Hall–Kier alpha value is -1.85. The first-order chi connectivity index (χ1) is 9.56. The molecule has 1 aliphatic rings. The number of amides is 3. The Balaban J connectivity index is 1.78. The Morgan fingerprint density at radius 3 is 2.85 bits per heavy atom. The second-order valence-corrected chi connectivity index (χ2v) is 5.63. The standard InChI is InChI=1S/C14H22N4O2/c1-10-4-3-5-12(11(10)2)16-14(20)17-13(19)8-18-7-6-15-9-18/h6-7,9-12H,3-5,8H2,1-2H3,(H2,16,17,19,20)/t10-,11+,12+/m1/s1. The number of carbonyl (C=O) groups excluding carboxylic acids is 2. The first-order valence-corrected chi connectivity index (χ1v) is 7.12. The van der Waals surface area contributed by atoms with Crippen LogP contribution in [0.15, 0.2) is 18.7 Å². The van der Waals surface area contributed by atoms with Crippen molar-refractivity contribution in [2.75, 3.05) is 0 Å². The monoisotopic (exact) mass is 278 g/mol. The minimum absolute atomic E-state index is 0.101. The van der Waals surface area contributed by atoms with Crippen molar-refractivity contribution in [3.8, 4) is 0 Å². The topological polar surface area (TPSA) is 76.0 Å². The van der Waals surface area contributed by atoms with Crippen molar-refractivity contribution in [3.63, 3.8) is 0 Å². The van der Waals surface area contributed by atoms with Gasteiger partial charge in [-0.3, -0.25) is 10.1 Å². The Bertz CT molecular complexity index is 458. The van der Waals surface area contributed by atoms with E-state index in [2.05, 4.69) is 29.5 Å². The number of aromatic nitrogens is 2. The van der Waals surface area contributed by atoms with E-state index >= 15 is 0 Å². The van der Waals surface area contributed by atoms with E-state index in [1.54, 1.807) is 23.3 Å². The maximum atomic E-state index is 11.8. The number of imide groups is 1. The van der Waals surface area contributed by atoms with Crippen molar-refractivity contribution in [2.45, 2.75) is 45.7 Å². The number of urea groups is 1. The van der Waals surface area contributed by atoms with Crippen LogP contribution in [-0.4, -0.2) is 27.5 Å². The van der Waals surface area contributed by atoms with Crippen molar-refractivity contribution < 1.29 is 9.59 Å². The van der Waals surface area contributed by atoms with Gasteiger partial charge in [0, 0.05) is 18.4 Å². The SMILES string of the molecule is C[C@H]1[C@H](C)CCC[C@@H]1NC(=O)NC(=O)Cn1ccnc1. The molecule has 1 aliphatic carbocycles. The van der Waals surface area contributed by atoms with E-state index in [1.165, 1.54) is 6.42 Å². The average molecular weight is 278 g/mol. The maximum absolute atomic E-state index is 11.8. The molecule has 0 spiro atoms. The molecule has 1 saturated carbocycles. The highest BCUT2D eigenvalue weighted by molar-refractivity contribution is 5.94. The molecule has 3 amide bonds. The summed E-state index contributed by atoms with van der Waals surface area (Å²) in [7, 11) is 0. The van der Waals surface area contributed by atoms with Gasteiger partial charge in [0.25, 0.3) is 0 Å². The van der Waals surface area contributed by atoms with E-state index in [-0.39, 0.29) is 18.5 Å². The van der Waals surface area contributed by atoms with Crippen LogP contribution in [0.3, 0.4) is 0 Å². The van der Waals surface area contributed by atoms with Crippen LogP contribution in [0.2, 0.25) is 0 Å². The summed E-state index contributed by atoms with van der Waals surface area (Å²) in [5.74, 6) is 0.714. The minimum Gasteiger partial charge on any atom is -0.335 e. The molecule has 110 valence electrons. The lowest BCUT2D eigenvalue weighted by Crippen LogP contribution is -2.49. The second-order valence-electron chi connectivity index (χ2n) is 5.63. The van der Waals surface area contributed by atoms with Crippen LogP contribution in [0, 0.1) is 11.8 Å². The number of hydrogen-bond donors (Lipinski definition) is 2. The van der Waals surface area contributed by atoms with Gasteiger partial charge in [0.2, 0.25) is 5.91 Å². The van der Waals surface area contributed by atoms with Gasteiger partial charge in [0.1, 0.15) is 6.54 Å². The fraction of sp³-hybridized carbons (Fsp3) is 0.643. The number of rotatable bonds is 3. The van der Waals surface area contributed by atoms with E-state index in [0.29, 0.717) is 11.8 Å². The quantitative estimate of drug-likeness (QED) is 0.880. The fourth-order valence-electron chi connectivity index (χ4n) is 2.70. The van der Waals surface area contributed by atoms with Crippen molar-refractivity contribution in [3.05, 3.63) is 18.7 Å². The molecule has 0 saturated heterocycles. The molecule has 0 aromatic carbocycles. The first kappa shape index (κ1) is 14.6. The number of carbonyl (C=O) groups is 2. The molecule has 3 atom stereocenters. The lowest BCUT2D eigenvalue weighted by molar-refractivity contribution is -0.120. The van der Waals surface area contributed by atoms with Gasteiger partial charge in [-0.25, -0.2) is 9.78 Å². The molecular weight excluding hydrogens is 256 g/mol. The summed E-state index contributed by atoms with van der Waals surface area (Å²) in [6, 6.07) is -0.249. The highest BCUT2D eigenvalue weighted by atomic mass is 16.2. The van der Waals surface area contributed by atoms with E-state index in [4.69, 9.17) is 0 Å². The molecule has 6 heteroatoms. The summed E-state index contributed by atoms with van der Waals surface area (Å²) in [6.45, 7) is 4.47. The van der Waals surface area contributed by atoms with Crippen LogP contribution in [-0.2, 0) is 11.3 Å². The molecule has 0 bridgehead atoms. The van der Waals surface area contributed by atoms with Gasteiger partial charge in [0.15, 0.2) is 0 Å². The number of nitrogens with zero attached hydrogens (tertiary/aromatic N) is 2. The lowest BCUT2D eigenvalue weighted by atomic mass is 9.78. The number of nitrogens with one attached hydrogen (secondary N) is 2. The van der Waals surface area contributed by atoms with Crippen molar-refractivity contribution >= 4 is 11.9 Å². The predicted molar refractivity (Wildman–Crippen MR) is 74.9 cm³/mol. The summed E-state index contributed by atoms with van der Waals surface area (Å²) in [4.78, 5) is 27.4. The molecule has 1 aromatic heterocycles. The van der Waals surface area contributed by atoms with Gasteiger partial charge in [-0.15, -0.1) is 0 Å². The summed E-state index contributed by atoms with van der Waals surface area (Å²) >= 11 is 0. The summed E-state index contributed by atoms with van der Waals surface area (Å²) in [6.07, 6.45) is 8.14. The third-order valence-corrected chi connectivity index (χ3v) is 4.16. The summed E-state index contributed by atoms with van der Waals surface area (Å²) < 4.78 is 1.62. The smallest absolute Gasteiger partial charge is 0.321 e. The number of imidazole rings is 1. The first-order valence-electron chi connectivity index (χ1n) is 7.12. The fourth-order valence-corrected chi connectivity index (χ4v) is 2.70. The van der Waals surface area contributed by atoms with Gasteiger partial charge in [-0.1, -0.05) is 26.7 Å². The highest BCUT2D eigenvalue weighted by Gasteiger charge is 2.28. The van der Waals surface area contributed by atoms with Crippen LogP contribution in [0.4, 0.5) is 4.79 Å². The van der Waals surface area contributed by atoms with Gasteiger partial charge in [0.05, 0.1) is 6.33 Å². The van der Waals surface area contributed by atoms with Crippen LogP contribution in [0.1, 0.15) is 33.1 Å². The zero-order valence-electron chi connectivity index (χ0n) is 12.0. The molecule has 0 radical (unpaired) electrons. The van der Waals surface area contributed by atoms with Gasteiger partial charge < -0.3 is 9.88 Å². The Morgan fingerprint density at radius 1 is 1.35 bits per heavy atom. The van der Waals surface area contributed by atoms with Gasteiger partial charge in [-0.2, -0.15) is 0 Å². The molecule has 0 unspecified atom stereocenters. The van der Waals surface area contributed by atoms with E-state index < -0.39 is 6.03 Å². The summed E-state index contributed by atoms with van der Waals surface area (Å²) in [5.41, 5.74) is 0. The van der Waals surface area contributed by atoms with E-state index in [1.807, 2.05) is 0 Å². The molecule has 0 aliphatic heterocycles. The van der Waals surface area contributed by atoms with E-state index in [9.17, 15) is 9.59 Å². The zero-order valence-corrected chi connectivity index (χ0v) is 12.0. The average Bonchev–Trinajstić information content (AvgIpc) is 2.87. The second kappa shape index (κ2) is 6.54. The molecular formula is C14H22N4O2. The molecule has 1 fully saturated rings. The largest absolute Gasteiger partial charge is 0.335 e. The molecule has 1 heterocycles. The zero-order chi connectivity index (χ0) is 14.5. The predicted octanol–water partition coefficient (Wildman–Crippen LogP) is 1.53. The Morgan fingerprint density at radius 2 is 2.15 bits per heavy atom. The molecule has 1 aromatic rings. The molecule has 2 rings (SSSR count). The Labute approximate surface area is 119 Å². The lowest BCUT2D eigenvalue weighted by Gasteiger charge is -2.34.